The van der Waals surface area contributed by atoms with Gasteiger partial charge in [0.15, 0.2) is 11.5 Å². The maximum atomic E-state index is 6.06. The van der Waals surface area contributed by atoms with Crippen LogP contribution in [0.1, 0.15) is 17.0 Å². The highest BCUT2D eigenvalue weighted by atomic mass is 16.6. The number of rotatable bonds is 6. The van der Waals surface area contributed by atoms with Crippen LogP contribution in [0.2, 0.25) is 0 Å². The zero-order valence-electron chi connectivity index (χ0n) is 17.3. The first-order chi connectivity index (χ1) is 14.0. The van der Waals surface area contributed by atoms with Gasteiger partial charge in [-0.25, -0.2) is 4.98 Å². The minimum atomic E-state index is -0.0224. The Morgan fingerprint density at radius 1 is 1.14 bits per heavy atom. The standard InChI is InChI=1S/C23H26N2O4/c1-15-11-17(9-10-20(15)26-4)23-24-19(16(2)28-23)13-25(3)12-18-14-27-21-7-5-6-8-22(21)29-18/h5-11,18H,12-14H2,1-4H3. The Kier molecular flexibility index (Phi) is 5.45. The molecule has 0 aliphatic carbocycles. The van der Waals surface area contributed by atoms with Crippen LogP contribution in [0.3, 0.4) is 0 Å². The van der Waals surface area contributed by atoms with E-state index >= 15 is 0 Å². The van der Waals surface area contributed by atoms with E-state index in [2.05, 4.69) is 11.9 Å². The average molecular weight is 394 g/mol. The second-order valence-electron chi connectivity index (χ2n) is 7.40. The molecule has 3 aromatic rings. The van der Waals surface area contributed by atoms with Gasteiger partial charge in [-0.1, -0.05) is 12.1 Å². The molecule has 1 aliphatic rings. The summed E-state index contributed by atoms with van der Waals surface area (Å²) in [7, 11) is 3.72. The van der Waals surface area contributed by atoms with E-state index < -0.39 is 0 Å². The molecule has 1 aromatic heterocycles. The molecule has 0 spiro atoms. The van der Waals surface area contributed by atoms with Gasteiger partial charge >= 0.3 is 0 Å². The lowest BCUT2D eigenvalue weighted by molar-refractivity contribution is 0.0634. The topological polar surface area (TPSA) is 57.0 Å². The van der Waals surface area contributed by atoms with Crippen molar-refractivity contribution in [1.29, 1.82) is 0 Å². The fourth-order valence-corrected chi connectivity index (χ4v) is 3.53. The minimum Gasteiger partial charge on any atom is -0.496 e. The molecule has 29 heavy (non-hydrogen) atoms. The van der Waals surface area contributed by atoms with Crippen molar-refractivity contribution in [2.24, 2.45) is 0 Å². The van der Waals surface area contributed by atoms with Gasteiger partial charge in [0.1, 0.15) is 24.2 Å². The number of benzene rings is 2. The van der Waals surface area contributed by atoms with Gasteiger partial charge in [0.25, 0.3) is 0 Å². The SMILES string of the molecule is COc1ccc(-c2nc(CN(C)CC3COc4ccccc4O3)c(C)o2)cc1C. The van der Waals surface area contributed by atoms with Crippen LogP contribution in [-0.2, 0) is 6.54 Å². The zero-order chi connectivity index (χ0) is 20.4. The number of nitrogens with zero attached hydrogens (tertiary/aromatic N) is 2. The van der Waals surface area contributed by atoms with Crippen molar-refractivity contribution in [3.05, 3.63) is 59.5 Å². The highest BCUT2D eigenvalue weighted by Crippen LogP contribution is 2.31. The molecule has 6 nitrogen and oxygen atoms in total. The third kappa shape index (κ3) is 4.22. The second kappa shape index (κ2) is 8.17. The summed E-state index contributed by atoms with van der Waals surface area (Å²) in [6.07, 6.45) is -0.0224. The van der Waals surface area contributed by atoms with E-state index in [4.69, 9.17) is 23.6 Å². The molecule has 0 saturated heterocycles. The van der Waals surface area contributed by atoms with Gasteiger partial charge in [-0.3, -0.25) is 4.90 Å². The molecule has 1 atom stereocenters. The van der Waals surface area contributed by atoms with Crippen LogP contribution in [0.4, 0.5) is 0 Å². The summed E-state index contributed by atoms with van der Waals surface area (Å²) < 4.78 is 23.1. The molecule has 0 N–H and O–H groups in total. The van der Waals surface area contributed by atoms with Crippen molar-refractivity contribution in [2.45, 2.75) is 26.5 Å². The summed E-state index contributed by atoms with van der Waals surface area (Å²) >= 11 is 0. The number of aryl methyl sites for hydroxylation is 2. The lowest BCUT2D eigenvalue weighted by Crippen LogP contribution is -2.39. The monoisotopic (exact) mass is 394 g/mol. The van der Waals surface area contributed by atoms with Gasteiger partial charge < -0.3 is 18.6 Å². The van der Waals surface area contributed by atoms with Crippen LogP contribution in [0.25, 0.3) is 11.5 Å². The predicted octanol–water partition coefficient (Wildman–Crippen LogP) is 4.24. The highest BCUT2D eigenvalue weighted by Gasteiger charge is 2.23. The molecule has 2 heterocycles. The molecule has 0 radical (unpaired) electrons. The Bertz CT molecular complexity index is 998. The van der Waals surface area contributed by atoms with Crippen LogP contribution in [0.5, 0.6) is 17.2 Å². The summed E-state index contributed by atoms with van der Waals surface area (Å²) in [6, 6.07) is 13.7. The molecular weight excluding hydrogens is 368 g/mol. The van der Waals surface area contributed by atoms with Gasteiger partial charge in [-0.15, -0.1) is 0 Å². The molecule has 4 rings (SSSR count). The molecule has 1 unspecified atom stereocenters. The number of fused-ring (bicyclic) bond motifs is 1. The highest BCUT2D eigenvalue weighted by molar-refractivity contribution is 5.57. The summed E-state index contributed by atoms with van der Waals surface area (Å²) in [5.41, 5.74) is 2.92. The zero-order valence-corrected chi connectivity index (χ0v) is 17.3. The first kappa shape index (κ1) is 19.3. The Morgan fingerprint density at radius 2 is 1.93 bits per heavy atom. The van der Waals surface area contributed by atoms with Crippen LogP contribution >= 0.6 is 0 Å². The molecule has 0 saturated carbocycles. The van der Waals surface area contributed by atoms with Crippen molar-refractivity contribution in [2.75, 3.05) is 27.3 Å². The number of para-hydroxylation sites is 2. The fourth-order valence-electron chi connectivity index (χ4n) is 3.53. The molecule has 1 aliphatic heterocycles. The summed E-state index contributed by atoms with van der Waals surface area (Å²) in [4.78, 5) is 6.90. The van der Waals surface area contributed by atoms with Gasteiger partial charge in [0.2, 0.25) is 5.89 Å². The number of oxazole rings is 1. The van der Waals surface area contributed by atoms with Crippen molar-refractivity contribution in [3.63, 3.8) is 0 Å². The lowest BCUT2D eigenvalue weighted by Gasteiger charge is -2.29. The van der Waals surface area contributed by atoms with Crippen LogP contribution in [-0.4, -0.2) is 43.3 Å². The van der Waals surface area contributed by atoms with Crippen molar-refractivity contribution in [3.8, 4) is 28.7 Å². The Balaban J connectivity index is 1.41. The molecule has 152 valence electrons. The van der Waals surface area contributed by atoms with E-state index in [-0.39, 0.29) is 6.10 Å². The van der Waals surface area contributed by atoms with E-state index in [0.29, 0.717) is 19.0 Å². The van der Waals surface area contributed by atoms with Crippen molar-refractivity contribution in [1.82, 2.24) is 9.88 Å². The molecule has 0 amide bonds. The van der Waals surface area contributed by atoms with E-state index in [1.165, 1.54) is 0 Å². The molecule has 6 heteroatoms. The normalized spacial score (nSPS) is 15.6. The van der Waals surface area contributed by atoms with Gasteiger partial charge in [-0.05, 0) is 56.8 Å². The molecule has 2 aromatic carbocycles. The first-order valence-corrected chi connectivity index (χ1v) is 9.72. The number of hydrogen-bond acceptors (Lipinski definition) is 6. The van der Waals surface area contributed by atoms with E-state index in [1.54, 1.807) is 7.11 Å². The van der Waals surface area contributed by atoms with Gasteiger partial charge in [0.05, 0.1) is 12.8 Å². The lowest BCUT2D eigenvalue weighted by atomic mass is 10.1. The molecule has 0 bridgehead atoms. The van der Waals surface area contributed by atoms with Crippen molar-refractivity contribution >= 4 is 0 Å². The predicted molar refractivity (Wildman–Crippen MR) is 111 cm³/mol. The number of methoxy groups -OCH3 is 1. The third-order valence-electron chi connectivity index (χ3n) is 5.04. The summed E-state index contributed by atoms with van der Waals surface area (Å²) in [5.74, 6) is 3.91. The molecule has 0 fully saturated rings. The van der Waals surface area contributed by atoms with Crippen LogP contribution in [0.15, 0.2) is 46.9 Å². The number of likely N-dealkylation sites (N-methyl/N-ethyl adjacent to an activating group) is 1. The Hall–Kier alpha value is -2.99. The fraction of sp³-hybridized carbons (Fsp3) is 0.348. The third-order valence-corrected chi connectivity index (χ3v) is 5.04. The maximum Gasteiger partial charge on any atom is 0.226 e. The molecular formula is C23H26N2O4. The van der Waals surface area contributed by atoms with Crippen LogP contribution in [0, 0.1) is 13.8 Å². The smallest absolute Gasteiger partial charge is 0.226 e. The van der Waals surface area contributed by atoms with Crippen molar-refractivity contribution < 1.29 is 18.6 Å². The number of hydrogen-bond donors (Lipinski definition) is 0. The largest absolute Gasteiger partial charge is 0.496 e. The second-order valence-corrected chi connectivity index (χ2v) is 7.40. The minimum absolute atomic E-state index is 0.0224. The van der Waals surface area contributed by atoms with E-state index in [9.17, 15) is 0 Å². The van der Waals surface area contributed by atoms with Gasteiger partial charge in [0, 0.05) is 18.7 Å². The van der Waals surface area contributed by atoms with Crippen LogP contribution < -0.4 is 14.2 Å². The summed E-state index contributed by atoms with van der Waals surface area (Å²) in [6.45, 7) is 5.91. The van der Waals surface area contributed by atoms with Gasteiger partial charge in [-0.2, -0.15) is 0 Å². The average Bonchev–Trinajstić information content (AvgIpc) is 3.08. The summed E-state index contributed by atoms with van der Waals surface area (Å²) in [5, 5.41) is 0. The Labute approximate surface area is 171 Å². The van der Waals surface area contributed by atoms with E-state index in [0.717, 1.165) is 46.4 Å². The first-order valence-electron chi connectivity index (χ1n) is 9.72. The Morgan fingerprint density at radius 3 is 2.69 bits per heavy atom. The number of ether oxygens (including phenoxy) is 3. The number of aromatic nitrogens is 1. The maximum absolute atomic E-state index is 6.06. The van der Waals surface area contributed by atoms with E-state index in [1.807, 2.05) is 56.3 Å². The quantitative estimate of drug-likeness (QED) is 0.623.